The van der Waals surface area contributed by atoms with Gasteiger partial charge >= 0.3 is 5.97 Å². The molecule has 0 spiro atoms. The number of rotatable bonds is 4. The number of nitrogens with zero attached hydrogens (tertiary/aromatic N) is 1. The molecule has 3 aromatic rings. The van der Waals surface area contributed by atoms with Crippen LogP contribution in [0.15, 0.2) is 48.5 Å². The fourth-order valence-corrected chi connectivity index (χ4v) is 3.78. The molecule has 2 heterocycles. The second kappa shape index (κ2) is 5.77. The largest absolute Gasteiger partial charge is 0.481 e. The molecule has 0 aliphatic carbocycles. The number of carboxylic acids is 1. The number of aliphatic carboxylic acids is 1. The van der Waals surface area contributed by atoms with E-state index in [0.717, 1.165) is 27.7 Å². The fraction of sp³-hybridized carbons (Fsp3) is 0.200. The number of aromatic amines is 1. The van der Waals surface area contributed by atoms with Crippen molar-refractivity contribution >= 4 is 22.8 Å². The van der Waals surface area contributed by atoms with E-state index in [0.29, 0.717) is 5.56 Å². The highest BCUT2D eigenvalue weighted by atomic mass is 16.4. The molecule has 0 saturated heterocycles. The molecule has 25 heavy (non-hydrogen) atoms. The van der Waals surface area contributed by atoms with Crippen LogP contribution in [0.3, 0.4) is 0 Å². The summed E-state index contributed by atoms with van der Waals surface area (Å²) in [5.74, 6) is -1.01. The maximum Gasteiger partial charge on any atom is 0.305 e. The quantitative estimate of drug-likeness (QED) is 0.767. The molecule has 1 aromatic heterocycles. The number of aromatic nitrogens is 1. The number of carbonyl (C=O) groups excluding carboxylic acids is 1. The lowest BCUT2D eigenvalue weighted by atomic mass is 9.95. The van der Waals surface area contributed by atoms with Crippen molar-refractivity contribution in [2.45, 2.75) is 19.4 Å². The Morgan fingerprint density at radius 1 is 1.16 bits per heavy atom. The maximum absolute atomic E-state index is 12.9. The lowest BCUT2D eigenvalue weighted by Gasteiger charge is -2.25. The van der Waals surface area contributed by atoms with Crippen molar-refractivity contribution in [1.82, 2.24) is 9.88 Å². The summed E-state index contributed by atoms with van der Waals surface area (Å²) in [5.41, 5.74) is 4.65. The van der Waals surface area contributed by atoms with Gasteiger partial charge in [-0.2, -0.15) is 0 Å². The number of nitrogens with one attached hydrogen (secondary N) is 1. The number of carbonyl (C=O) groups is 2. The fourth-order valence-electron chi connectivity index (χ4n) is 3.78. The maximum atomic E-state index is 12.9. The minimum absolute atomic E-state index is 0.0718. The Morgan fingerprint density at radius 2 is 1.88 bits per heavy atom. The molecule has 0 bridgehead atoms. The second-order valence-electron chi connectivity index (χ2n) is 6.34. The Hall–Kier alpha value is -3.08. The molecule has 2 aromatic carbocycles. The van der Waals surface area contributed by atoms with Crippen LogP contribution in [-0.4, -0.2) is 33.4 Å². The molecular weight excluding hydrogens is 316 g/mol. The molecular formula is C20H18N2O3. The Bertz CT molecular complexity index is 990. The van der Waals surface area contributed by atoms with Gasteiger partial charge < -0.3 is 15.0 Å². The summed E-state index contributed by atoms with van der Waals surface area (Å²) >= 11 is 0. The van der Waals surface area contributed by atoms with Crippen LogP contribution in [-0.2, 0) is 4.79 Å². The van der Waals surface area contributed by atoms with Crippen LogP contribution in [0, 0.1) is 6.92 Å². The number of para-hydroxylation sites is 1. The Labute approximate surface area is 144 Å². The highest BCUT2D eigenvalue weighted by molar-refractivity contribution is 6.01. The van der Waals surface area contributed by atoms with E-state index >= 15 is 0 Å². The third kappa shape index (κ3) is 2.39. The molecule has 1 atom stereocenters. The van der Waals surface area contributed by atoms with Gasteiger partial charge in [-0.05, 0) is 24.6 Å². The van der Waals surface area contributed by atoms with E-state index in [2.05, 4.69) is 4.98 Å². The molecule has 4 rings (SSSR count). The summed E-state index contributed by atoms with van der Waals surface area (Å²) in [5, 5.41) is 10.1. The third-order valence-electron chi connectivity index (χ3n) is 4.84. The number of hydrogen-bond acceptors (Lipinski definition) is 2. The lowest BCUT2D eigenvalue weighted by molar-refractivity contribution is -0.137. The first-order valence-electron chi connectivity index (χ1n) is 8.27. The summed E-state index contributed by atoms with van der Waals surface area (Å²) < 4.78 is 0. The first-order valence-corrected chi connectivity index (χ1v) is 8.27. The molecule has 5 nitrogen and oxygen atoms in total. The van der Waals surface area contributed by atoms with Gasteiger partial charge in [-0.15, -0.1) is 0 Å². The normalized spacial score (nSPS) is 16.4. The van der Waals surface area contributed by atoms with E-state index in [-0.39, 0.29) is 24.9 Å². The number of benzene rings is 2. The van der Waals surface area contributed by atoms with Crippen molar-refractivity contribution in [3.63, 3.8) is 0 Å². The van der Waals surface area contributed by atoms with Gasteiger partial charge in [-0.25, -0.2) is 0 Å². The van der Waals surface area contributed by atoms with Crippen LogP contribution >= 0.6 is 0 Å². The number of carboxylic acid groups (broad SMARTS) is 1. The van der Waals surface area contributed by atoms with E-state index < -0.39 is 5.97 Å². The standard InChI is InChI=1S/C20H18N2O3/c1-12-18(15-8-4-5-9-16(15)21-12)19-13-6-2-3-7-14(13)20(25)22(19)11-10-17(23)24/h2-9,19,21H,10-11H2,1H3,(H,23,24). The highest BCUT2D eigenvalue weighted by Gasteiger charge is 2.39. The van der Waals surface area contributed by atoms with Crippen LogP contribution in [0.25, 0.3) is 10.9 Å². The van der Waals surface area contributed by atoms with Crippen LogP contribution in [0.2, 0.25) is 0 Å². The van der Waals surface area contributed by atoms with Crippen LogP contribution in [0.4, 0.5) is 0 Å². The SMILES string of the molecule is Cc1[nH]c2ccccc2c1C1c2ccccc2C(=O)N1CCC(=O)O. The number of H-pyrrole nitrogens is 1. The van der Waals surface area contributed by atoms with Gasteiger partial charge in [0, 0.05) is 34.3 Å². The lowest BCUT2D eigenvalue weighted by Crippen LogP contribution is -2.31. The van der Waals surface area contributed by atoms with Gasteiger partial charge in [-0.3, -0.25) is 9.59 Å². The molecule has 126 valence electrons. The number of hydrogen-bond donors (Lipinski definition) is 2. The Balaban J connectivity index is 1.90. The summed E-state index contributed by atoms with van der Waals surface area (Å²) in [7, 11) is 0. The van der Waals surface area contributed by atoms with Crippen molar-refractivity contribution in [3.8, 4) is 0 Å². The van der Waals surface area contributed by atoms with E-state index in [9.17, 15) is 9.59 Å². The third-order valence-corrected chi connectivity index (χ3v) is 4.84. The molecule has 2 N–H and O–H groups in total. The van der Waals surface area contributed by atoms with Gasteiger partial charge in [0.2, 0.25) is 0 Å². The van der Waals surface area contributed by atoms with Crippen molar-refractivity contribution in [1.29, 1.82) is 0 Å². The molecule has 1 aliphatic rings. The first kappa shape index (κ1) is 15.4. The predicted octanol–water partition coefficient (Wildman–Crippen LogP) is 3.50. The Kier molecular flexibility index (Phi) is 3.57. The monoisotopic (exact) mass is 334 g/mol. The Morgan fingerprint density at radius 3 is 2.68 bits per heavy atom. The molecule has 1 unspecified atom stereocenters. The van der Waals surface area contributed by atoms with Crippen molar-refractivity contribution in [3.05, 3.63) is 70.9 Å². The number of fused-ring (bicyclic) bond motifs is 2. The number of amides is 1. The van der Waals surface area contributed by atoms with Crippen LogP contribution < -0.4 is 0 Å². The highest BCUT2D eigenvalue weighted by Crippen LogP contribution is 2.42. The van der Waals surface area contributed by atoms with Gasteiger partial charge in [-0.1, -0.05) is 36.4 Å². The smallest absolute Gasteiger partial charge is 0.305 e. The molecule has 5 heteroatoms. The minimum Gasteiger partial charge on any atom is -0.481 e. The average molecular weight is 334 g/mol. The molecule has 0 radical (unpaired) electrons. The summed E-state index contributed by atoms with van der Waals surface area (Å²) in [6.07, 6.45) is -0.0718. The first-order chi connectivity index (χ1) is 12.1. The van der Waals surface area contributed by atoms with Gasteiger partial charge in [0.1, 0.15) is 0 Å². The van der Waals surface area contributed by atoms with Crippen molar-refractivity contribution in [2.75, 3.05) is 6.54 Å². The summed E-state index contributed by atoms with van der Waals surface area (Å²) in [6.45, 7) is 2.18. The van der Waals surface area contributed by atoms with Gasteiger partial charge in [0.05, 0.1) is 12.5 Å². The number of aryl methyl sites for hydroxylation is 1. The molecule has 0 saturated carbocycles. The zero-order valence-electron chi connectivity index (χ0n) is 13.8. The topological polar surface area (TPSA) is 73.4 Å². The van der Waals surface area contributed by atoms with E-state index in [1.807, 2.05) is 55.5 Å². The van der Waals surface area contributed by atoms with Crippen molar-refractivity contribution in [2.24, 2.45) is 0 Å². The van der Waals surface area contributed by atoms with E-state index in [4.69, 9.17) is 5.11 Å². The van der Waals surface area contributed by atoms with E-state index in [1.54, 1.807) is 4.90 Å². The second-order valence-corrected chi connectivity index (χ2v) is 6.34. The zero-order valence-corrected chi connectivity index (χ0v) is 13.8. The van der Waals surface area contributed by atoms with Crippen LogP contribution in [0.5, 0.6) is 0 Å². The summed E-state index contributed by atoms with van der Waals surface area (Å²) in [4.78, 5) is 29.0. The summed E-state index contributed by atoms with van der Waals surface area (Å²) in [6, 6.07) is 15.3. The van der Waals surface area contributed by atoms with Gasteiger partial charge in [0.25, 0.3) is 5.91 Å². The van der Waals surface area contributed by atoms with Gasteiger partial charge in [0.15, 0.2) is 0 Å². The average Bonchev–Trinajstić information content (AvgIpc) is 3.07. The molecule has 0 fully saturated rings. The molecule has 1 amide bonds. The van der Waals surface area contributed by atoms with Crippen LogP contribution in [0.1, 0.15) is 39.6 Å². The van der Waals surface area contributed by atoms with Crippen molar-refractivity contribution < 1.29 is 14.7 Å². The zero-order chi connectivity index (χ0) is 17.6. The molecule has 1 aliphatic heterocycles. The predicted molar refractivity (Wildman–Crippen MR) is 94.6 cm³/mol. The minimum atomic E-state index is -0.904. The van der Waals surface area contributed by atoms with E-state index in [1.165, 1.54) is 0 Å².